The fourth-order valence-electron chi connectivity index (χ4n) is 1.82. The van der Waals surface area contributed by atoms with Gasteiger partial charge in [0.15, 0.2) is 11.5 Å². The maximum Gasteiger partial charge on any atom is 0.161 e. The lowest BCUT2D eigenvalue weighted by atomic mass is 10.2. The molecule has 2 N–H and O–H groups in total. The molecule has 0 amide bonds. The Labute approximate surface area is 132 Å². The third-order valence-corrected chi connectivity index (χ3v) is 3.33. The van der Waals surface area contributed by atoms with Crippen LogP contribution in [0.25, 0.3) is 0 Å². The molecule has 2 aromatic carbocycles. The molecule has 0 saturated heterocycles. The molecule has 4 nitrogen and oxygen atoms in total. The Morgan fingerprint density at radius 2 is 1.86 bits per heavy atom. The van der Waals surface area contributed by atoms with Crippen molar-refractivity contribution < 1.29 is 9.47 Å². The highest BCUT2D eigenvalue weighted by Crippen LogP contribution is 2.29. The predicted molar refractivity (Wildman–Crippen MR) is 87.9 cm³/mol. The Morgan fingerprint density at radius 1 is 1.10 bits per heavy atom. The second-order valence-electron chi connectivity index (χ2n) is 4.33. The van der Waals surface area contributed by atoms with Crippen molar-refractivity contribution in [1.29, 1.82) is 0 Å². The lowest BCUT2D eigenvalue weighted by Crippen LogP contribution is -2.00. The summed E-state index contributed by atoms with van der Waals surface area (Å²) in [5, 5.41) is 3.51. The minimum atomic E-state index is 0.484. The van der Waals surface area contributed by atoms with Gasteiger partial charge in [-0.05, 0) is 48.4 Å². The molecule has 0 unspecified atom stereocenters. The molecule has 0 heterocycles. The van der Waals surface area contributed by atoms with Gasteiger partial charge in [-0.1, -0.05) is 28.1 Å². The van der Waals surface area contributed by atoms with Gasteiger partial charge in [0.25, 0.3) is 0 Å². The molecule has 0 radical (unpaired) electrons. The van der Waals surface area contributed by atoms with Crippen molar-refractivity contribution in [2.75, 3.05) is 6.61 Å². The lowest BCUT2D eigenvalue weighted by Gasteiger charge is -2.12. The van der Waals surface area contributed by atoms with Crippen molar-refractivity contribution in [3.8, 4) is 11.5 Å². The number of rotatable bonds is 6. The van der Waals surface area contributed by atoms with Gasteiger partial charge in [0.1, 0.15) is 6.61 Å². The van der Waals surface area contributed by atoms with Gasteiger partial charge in [-0.15, -0.1) is 0 Å². The second kappa shape index (κ2) is 7.69. The minimum absolute atomic E-state index is 0.484. The third-order valence-electron chi connectivity index (χ3n) is 2.80. The smallest absolute Gasteiger partial charge is 0.161 e. The number of nitrogens with two attached hydrogens (primary N) is 1. The highest BCUT2D eigenvalue weighted by Gasteiger charge is 2.06. The first-order valence-electron chi connectivity index (χ1n) is 6.60. The zero-order valence-electron chi connectivity index (χ0n) is 11.8. The average molecular weight is 349 g/mol. The molecule has 5 heteroatoms. The Morgan fingerprint density at radius 3 is 2.52 bits per heavy atom. The SMILES string of the molecule is CCOc1cc(C=NN)ccc1OCc1ccc(Br)cc1. The van der Waals surface area contributed by atoms with Crippen LogP contribution in [0.15, 0.2) is 52.0 Å². The third kappa shape index (κ3) is 4.49. The van der Waals surface area contributed by atoms with Crippen LogP contribution in [0.3, 0.4) is 0 Å². The summed E-state index contributed by atoms with van der Waals surface area (Å²) in [7, 11) is 0. The van der Waals surface area contributed by atoms with E-state index in [1.54, 1.807) is 6.21 Å². The monoisotopic (exact) mass is 348 g/mol. The van der Waals surface area contributed by atoms with Crippen molar-refractivity contribution in [1.82, 2.24) is 0 Å². The van der Waals surface area contributed by atoms with Crippen LogP contribution in [0.2, 0.25) is 0 Å². The number of benzene rings is 2. The maximum absolute atomic E-state index is 5.83. The predicted octanol–water partition coefficient (Wildman–Crippen LogP) is 3.72. The molecule has 2 aromatic rings. The molecule has 0 aliphatic heterocycles. The maximum atomic E-state index is 5.83. The quantitative estimate of drug-likeness (QED) is 0.491. The molecule has 0 atom stereocenters. The zero-order chi connectivity index (χ0) is 15.1. The van der Waals surface area contributed by atoms with E-state index >= 15 is 0 Å². The van der Waals surface area contributed by atoms with E-state index < -0.39 is 0 Å². The molecule has 0 aromatic heterocycles. The van der Waals surface area contributed by atoms with Crippen molar-refractivity contribution in [2.45, 2.75) is 13.5 Å². The van der Waals surface area contributed by atoms with Crippen LogP contribution in [0.1, 0.15) is 18.1 Å². The van der Waals surface area contributed by atoms with E-state index in [4.69, 9.17) is 15.3 Å². The van der Waals surface area contributed by atoms with Crippen LogP contribution in [-0.4, -0.2) is 12.8 Å². The van der Waals surface area contributed by atoms with Gasteiger partial charge in [0, 0.05) is 4.47 Å². The fraction of sp³-hybridized carbons (Fsp3) is 0.188. The zero-order valence-corrected chi connectivity index (χ0v) is 13.3. The van der Waals surface area contributed by atoms with E-state index in [-0.39, 0.29) is 0 Å². The van der Waals surface area contributed by atoms with E-state index in [1.807, 2.05) is 49.4 Å². The summed E-state index contributed by atoms with van der Waals surface area (Å²) in [6.45, 7) is 2.98. The minimum Gasteiger partial charge on any atom is -0.490 e. The molecule has 0 bridgehead atoms. The number of nitrogens with zero attached hydrogens (tertiary/aromatic N) is 1. The summed E-state index contributed by atoms with van der Waals surface area (Å²) in [5.41, 5.74) is 1.96. The van der Waals surface area contributed by atoms with E-state index in [1.165, 1.54) is 0 Å². The standard InChI is InChI=1S/C16H17BrN2O2/c1-2-20-16-9-13(10-19-18)5-8-15(16)21-11-12-3-6-14(17)7-4-12/h3-10H,2,11,18H2,1H3. The van der Waals surface area contributed by atoms with E-state index in [0.29, 0.717) is 24.7 Å². The first kappa shape index (κ1) is 15.4. The highest BCUT2D eigenvalue weighted by molar-refractivity contribution is 9.10. The number of hydrogen-bond donors (Lipinski definition) is 1. The van der Waals surface area contributed by atoms with Crippen LogP contribution >= 0.6 is 15.9 Å². The van der Waals surface area contributed by atoms with E-state index in [9.17, 15) is 0 Å². The topological polar surface area (TPSA) is 56.8 Å². The summed E-state index contributed by atoms with van der Waals surface area (Å²) in [4.78, 5) is 0. The van der Waals surface area contributed by atoms with Crippen molar-refractivity contribution in [3.05, 3.63) is 58.1 Å². The van der Waals surface area contributed by atoms with Gasteiger partial charge in [0.05, 0.1) is 12.8 Å². The Bertz CT molecular complexity index is 612. The molecular weight excluding hydrogens is 332 g/mol. The van der Waals surface area contributed by atoms with Crippen molar-refractivity contribution in [2.24, 2.45) is 10.9 Å². The molecule has 21 heavy (non-hydrogen) atoms. The highest BCUT2D eigenvalue weighted by atomic mass is 79.9. The molecule has 0 aliphatic carbocycles. The summed E-state index contributed by atoms with van der Waals surface area (Å²) < 4.78 is 12.5. The van der Waals surface area contributed by atoms with Gasteiger partial charge >= 0.3 is 0 Å². The summed E-state index contributed by atoms with van der Waals surface area (Å²) >= 11 is 3.41. The normalized spacial score (nSPS) is 10.8. The van der Waals surface area contributed by atoms with Crippen molar-refractivity contribution >= 4 is 22.1 Å². The summed E-state index contributed by atoms with van der Waals surface area (Å²) in [6.07, 6.45) is 1.57. The van der Waals surface area contributed by atoms with E-state index in [2.05, 4.69) is 21.0 Å². The molecule has 0 saturated carbocycles. The van der Waals surface area contributed by atoms with Gasteiger partial charge < -0.3 is 15.3 Å². The van der Waals surface area contributed by atoms with Crippen LogP contribution in [0.4, 0.5) is 0 Å². The number of hydrazone groups is 1. The number of ether oxygens (including phenoxy) is 2. The average Bonchev–Trinajstić information content (AvgIpc) is 2.49. The van der Waals surface area contributed by atoms with Crippen LogP contribution < -0.4 is 15.3 Å². The molecule has 2 rings (SSSR count). The first-order chi connectivity index (χ1) is 10.2. The van der Waals surface area contributed by atoms with E-state index in [0.717, 1.165) is 15.6 Å². The summed E-state index contributed by atoms with van der Waals surface area (Å²) in [5.74, 6) is 6.55. The lowest BCUT2D eigenvalue weighted by molar-refractivity contribution is 0.269. The van der Waals surface area contributed by atoms with Gasteiger partial charge in [0.2, 0.25) is 0 Å². The molecule has 0 aliphatic rings. The number of hydrogen-bond acceptors (Lipinski definition) is 4. The molecular formula is C16H17BrN2O2. The molecule has 0 fully saturated rings. The second-order valence-corrected chi connectivity index (χ2v) is 5.25. The Balaban J connectivity index is 2.12. The van der Waals surface area contributed by atoms with Crippen LogP contribution in [0, 0.1) is 0 Å². The first-order valence-corrected chi connectivity index (χ1v) is 7.39. The van der Waals surface area contributed by atoms with Gasteiger partial charge in [-0.3, -0.25) is 0 Å². The fourth-order valence-corrected chi connectivity index (χ4v) is 2.08. The molecule has 0 spiro atoms. The number of halogens is 1. The summed E-state index contributed by atoms with van der Waals surface area (Å²) in [6, 6.07) is 13.6. The largest absolute Gasteiger partial charge is 0.490 e. The van der Waals surface area contributed by atoms with Gasteiger partial charge in [-0.25, -0.2) is 0 Å². The molecule has 110 valence electrons. The van der Waals surface area contributed by atoms with Crippen LogP contribution in [0.5, 0.6) is 11.5 Å². The Hall–Kier alpha value is -2.01. The van der Waals surface area contributed by atoms with Crippen LogP contribution in [-0.2, 0) is 6.61 Å². The Kier molecular flexibility index (Phi) is 5.63. The van der Waals surface area contributed by atoms with Gasteiger partial charge in [-0.2, -0.15) is 5.10 Å². The van der Waals surface area contributed by atoms with Crippen molar-refractivity contribution in [3.63, 3.8) is 0 Å².